The Morgan fingerprint density at radius 1 is 1.03 bits per heavy atom. The Hall–Kier alpha value is -3.07. The first-order valence-corrected chi connectivity index (χ1v) is 10.5. The second-order valence-corrected chi connectivity index (χ2v) is 8.64. The predicted molar refractivity (Wildman–Crippen MR) is 116 cm³/mol. The summed E-state index contributed by atoms with van der Waals surface area (Å²) in [5.41, 5.74) is 7.72. The van der Waals surface area contributed by atoms with Crippen LogP contribution in [0.4, 0.5) is 5.69 Å². The molecule has 6 rings (SSSR count). The Labute approximate surface area is 170 Å². The van der Waals surface area contributed by atoms with Crippen molar-refractivity contribution in [1.82, 2.24) is 0 Å². The van der Waals surface area contributed by atoms with Gasteiger partial charge in [0.25, 0.3) is 0 Å². The third-order valence-electron chi connectivity index (χ3n) is 7.27. The summed E-state index contributed by atoms with van der Waals surface area (Å²) in [6, 6.07) is 15.3. The molecule has 0 saturated carbocycles. The van der Waals surface area contributed by atoms with Gasteiger partial charge in [0.05, 0.1) is 11.6 Å². The third-order valence-corrected chi connectivity index (χ3v) is 7.27. The zero-order chi connectivity index (χ0) is 19.7. The van der Waals surface area contributed by atoms with Crippen molar-refractivity contribution in [2.75, 3.05) is 5.32 Å². The van der Waals surface area contributed by atoms with Crippen molar-refractivity contribution in [1.29, 1.82) is 0 Å². The lowest BCUT2D eigenvalue weighted by Gasteiger charge is -2.39. The van der Waals surface area contributed by atoms with Crippen molar-refractivity contribution in [3.05, 3.63) is 88.0 Å². The zero-order valence-electron chi connectivity index (χ0n) is 16.4. The first-order chi connectivity index (χ1) is 14.1. The van der Waals surface area contributed by atoms with Gasteiger partial charge in [-0.2, -0.15) is 0 Å². The molecular weight excluding hydrogens is 358 g/mol. The molecule has 0 amide bonds. The van der Waals surface area contributed by atoms with E-state index >= 15 is 0 Å². The van der Waals surface area contributed by atoms with Crippen molar-refractivity contribution >= 4 is 22.4 Å². The predicted octanol–water partition coefficient (Wildman–Crippen LogP) is 5.77. The molecule has 2 aliphatic carbocycles. The van der Waals surface area contributed by atoms with Crippen LogP contribution in [0.5, 0.6) is 0 Å². The summed E-state index contributed by atoms with van der Waals surface area (Å²) in [6.07, 6.45) is 7.92. The topological polar surface area (TPSA) is 49.3 Å². The summed E-state index contributed by atoms with van der Waals surface area (Å²) < 4.78 is 0. The molecule has 3 atom stereocenters. The fourth-order valence-electron chi connectivity index (χ4n) is 5.89. The smallest absolute Gasteiger partial charge is 0.336 e. The van der Waals surface area contributed by atoms with Crippen LogP contribution in [-0.2, 0) is 12.8 Å². The standard InChI is InChI=1S/C26H23NO2/c1-14-17(26(28)29)12-13-21-18-5-3-7-20(18)25(27-24(14)21)22-11-10-16-9-8-15-4-2-6-19(22)23(15)16/h2-6,10-13,18,20,25,27H,7-9H2,1H3,(H,28,29)/t18-,20+,25-/m1/s1. The first-order valence-electron chi connectivity index (χ1n) is 10.5. The van der Waals surface area contributed by atoms with E-state index in [0.29, 0.717) is 17.4 Å². The lowest BCUT2D eigenvalue weighted by molar-refractivity contribution is 0.0696. The van der Waals surface area contributed by atoms with Crippen LogP contribution in [0.25, 0.3) is 10.8 Å². The summed E-state index contributed by atoms with van der Waals surface area (Å²) in [6.45, 7) is 1.93. The number of rotatable bonds is 2. The molecule has 3 aromatic carbocycles. The van der Waals surface area contributed by atoms with Crippen LogP contribution in [0.1, 0.15) is 56.6 Å². The van der Waals surface area contributed by atoms with Crippen molar-refractivity contribution in [3.63, 3.8) is 0 Å². The quantitative estimate of drug-likeness (QED) is 0.554. The molecule has 3 aliphatic rings. The number of carboxylic acids is 1. The fourth-order valence-corrected chi connectivity index (χ4v) is 5.89. The van der Waals surface area contributed by atoms with E-state index in [9.17, 15) is 9.90 Å². The molecule has 1 heterocycles. The second-order valence-electron chi connectivity index (χ2n) is 8.64. The van der Waals surface area contributed by atoms with E-state index in [1.807, 2.05) is 13.0 Å². The highest BCUT2D eigenvalue weighted by Gasteiger charge is 2.39. The minimum atomic E-state index is -0.863. The summed E-state index contributed by atoms with van der Waals surface area (Å²) in [5.74, 6) is -0.0741. The molecule has 29 heavy (non-hydrogen) atoms. The maximum Gasteiger partial charge on any atom is 0.336 e. The van der Waals surface area contributed by atoms with Crippen LogP contribution in [0.2, 0.25) is 0 Å². The van der Waals surface area contributed by atoms with Gasteiger partial charge < -0.3 is 10.4 Å². The van der Waals surface area contributed by atoms with E-state index in [0.717, 1.165) is 30.5 Å². The van der Waals surface area contributed by atoms with Crippen LogP contribution in [0.3, 0.4) is 0 Å². The number of anilines is 1. The van der Waals surface area contributed by atoms with E-state index in [2.05, 4.69) is 47.8 Å². The van der Waals surface area contributed by atoms with Crippen LogP contribution in [-0.4, -0.2) is 11.1 Å². The van der Waals surface area contributed by atoms with E-state index in [4.69, 9.17) is 0 Å². The number of hydrogen-bond donors (Lipinski definition) is 2. The number of carbonyl (C=O) groups is 1. The Kier molecular flexibility index (Phi) is 3.46. The van der Waals surface area contributed by atoms with Gasteiger partial charge in [-0.1, -0.05) is 48.6 Å². The first kappa shape index (κ1) is 16.8. The largest absolute Gasteiger partial charge is 0.478 e. The van der Waals surface area contributed by atoms with Gasteiger partial charge >= 0.3 is 5.97 Å². The van der Waals surface area contributed by atoms with Crippen LogP contribution in [0, 0.1) is 12.8 Å². The zero-order valence-corrected chi connectivity index (χ0v) is 16.4. The average molecular weight is 381 g/mol. The molecule has 0 fully saturated rings. The van der Waals surface area contributed by atoms with Crippen molar-refractivity contribution in [2.45, 2.75) is 38.1 Å². The maximum absolute atomic E-state index is 11.7. The molecule has 0 spiro atoms. The fraction of sp³-hybridized carbons (Fsp3) is 0.269. The Morgan fingerprint density at radius 2 is 1.83 bits per heavy atom. The Morgan fingerprint density at radius 3 is 2.66 bits per heavy atom. The minimum Gasteiger partial charge on any atom is -0.478 e. The number of benzene rings is 3. The van der Waals surface area contributed by atoms with Gasteiger partial charge in [0.15, 0.2) is 0 Å². The number of hydrogen-bond acceptors (Lipinski definition) is 2. The van der Waals surface area contributed by atoms with Gasteiger partial charge in [-0.25, -0.2) is 4.79 Å². The van der Waals surface area contributed by atoms with Gasteiger partial charge in [0.2, 0.25) is 0 Å². The molecule has 144 valence electrons. The van der Waals surface area contributed by atoms with Gasteiger partial charge in [-0.3, -0.25) is 0 Å². The number of fused-ring (bicyclic) bond motifs is 3. The SMILES string of the molecule is Cc1c(C(=O)O)ccc2c1N[C@@H](c1ccc3c4c(cccc14)CC3)[C@H]1CC=C[C@@H]21. The lowest BCUT2D eigenvalue weighted by atomic mass is 9.75. The summed E-state index contributed by atoms with van der Waals surface area (Å²) in [5, 5.41) is 16.2. The van der Waals surface area contributed by atoms with Crippen molar-refractivity contribution in [3.8, 4) is 0 Å². The number of allylic oxidation sites excluding steroid dienone is 2. The third kappa shape index (κ3) is 2.27. The summed E-state index contributed by atoms with van der Waals surface area (Å²) in [7, 11) is 0. The van der Waals surface area contributed by atoms with Crippen molar-refractivity contribution in [2.24, 2.45) is 5.92 Å². The van der Waals surface area contributed by atoms with E-state index in [-0.39, 0.29) is 6.04 Å². The molecule has 0 bridgehead atoms. The molecule has 0 unspecified atom stereocenters. The number of nitrogens with one attached hydrogen (secondary N) is 1. The van der Waals surface area contributed by atoms with E-state index in [1.54, 1.807) is 6.07 Å². The van der Waals surface area contributed by atoms with E-state index in [1.165, 1.54) is 33.0 Å². The monoisotopic (exact) mass is 381 g/mol. The second kappa shape index (κ2) is 5.96. The summed E-state index contributed by atoms with van der Waals surface area (Å²) in [4.78, 5) is 11.7. The highest BCUT2D eigenvalue weighted by atomic mass is 16.4. The lowest BCUT2D eigenvalue weighted by Crippen LogP contribution is -2.30. The number of carboxylic acid groups (broad SMARTS) is 1. The molecule has 0 radical (unpaired) electrons. The van der Waals surface area contributed by atoms with Gasteiger partial charge in [0, 0.05) is 11.6 Å². The number of aromatic carboxylic acids is 1. The molecule has 3 heteroatoms. The molecule has 2 N–H and O–H groups in total. The molecule has 3 aromatic rings. The average Bonchev–Trinajstić information content (AvgIpc) is 3.37. The minimum absolute atomic E-state index is 0.176. The van der Waals surface area contributed by atoms with Crippen LogP contribution < -0.4 is 5.32 Å². The molecule has 0 saturated heterocycles. The van der Waals surface area contributed by atoms with Gasteiger partial charge in [0.1, 0.15) is 0 Å². The van der Waals surface area contributed by atoms with Crippen LogP contribution >= 0.6 is 0 Å². The maximum atomic E-state index is 11.7. The molecular formula is C26H23NO2. The highest BCUT2D eigenvalue weighted by molar-refractivity contribution is 5.95. The Bertz CT molecular complexity index is 1210. The molecule has 1 aliphatic heterocycles. The van der Waals surface area contributed by atoms with Crippen molar-refractivity contribution < 1.29 is 9.90 Å². The van der Waals surface area contributed by atoms with Crippen LogP contribution in [0.15, 0.2) is 54.6 Å². The molecule has 0 aromatic heterocycles. The number of aryl methyl sites for hydroxylation is 2. The van der Waals surface area contributed by atoms with Gasteiger partial charge in [-0.15, -0.1) is 0 Å². The summed E-state index contributed by atoms with van der Waals surface area (Å²) >= 11 is 0. The highest BCUT2D eigenvalue weighted by Crippen LogP contribution is 2.52. The normalized spacial score (nSPS) is 23.7. The molecule has 3 nitrogen and oxygen atoms in total. The van der Waals surface area contributed by atoms with Gasteiger partial charge in [-0.05, 0) is 76.8 Å². The van der Waals surface area contributed by atoms with E-state index < -0.39 is 5.97 Å². The Balaban J connectivity index is 1.56.